The third-order valence-electron chi connectivity index (χ3n) is 4.47. The fourth-order valence-electron chi connectivity index (χ4n) is 3.32. The van der Waals surface area contributed by atoms with Crippen molar-refractivity contribution >= 4 is 10.8 Å². The summed E-state index contributed by atoms with van der Waals surface area (Å²) in [6.07, 6.45) is 2.55. The highest BCUT2D eigenvalue weighted by Crippen LogP contribution is 2.38. The zero-order chi connectivity index (χ0) is 14.7. The van der Waals surface area contributed by atoms with Gasteiger partial charge >= 0.3 is 0 Å². The molecule has 1 aliphatic heterocycles. The Morgan fingerprint density at radius 2 is 2.00 bits per heavy atom. The number of hydrogen-bond donors (Lipinski definition) is 1. The van der Waals surface area contributed by atoms with Crippen molar-refractivity contribution in [3.8, 4) is 0 Å². The van der Waals surface area contributed by atoms with Crippen LogP contribution in [0.5, 0.6) is 0 Å². The van der Waals surface area contributed by atoms with E-state index in [1.54, 1.807) is 0 Å². The Morgan fingerprint density at radius 3 is 2.67 bits per heavy atom. The average molecular weight is 309 g/mol. The van der Waals surface area contributed by atoms with Gasteiger partial charge in [-0.3, -0.25) is 4.21 Å². The molecule has 2 aliphatic rings. The molecule has 1 aromatic carbocycles. The van der Waals surface area contributed by atoms with Gasteiger partial charge in [-0.2, -0.15) is 0 Å². The molecule has 1 saturated carbocycles. The van der Waals surface area contributed by atoms with Gasteiger partial charge in [0.2, 0.25) is 0 Å². The van der Waals surface area contributed by atoms with Gasteiger partial charge in [0.1, 0.15) is 0 Å². The topological polar surface area (TPSA) is 47.6 Å². The van der Waals surface area contributed by atoms with Crippen LogP contribution in [0.4, 0.5) is 0 Å². The Labute approximate surface area is 128 Å². The number of hydrogen-bond acceptors (Lipinski definition) is 4. The quantitative estimate of drug-likeness (QED) is 0.921. The molecule has 0 aromatic heterocycles. The van der Waals surface area contributed by atoms with Crippen molar-refractivity contribution in [3.63, 3.8) is 0 Å². The molecule has 1 saturated heterocycles. The van der Waals surface area contributed by atoms with Crippen LogP contribution in [0.25, 0.3) is 0 Å². The second kappa shape index (κ2) is 6.57. The molecule has 1 N–H and O–H groups in total. The molecule has 21 heavy (non-hydrogen) atoms. The van der Waals surface area contributed by atoms with E-state index in [4.69, 9.17) is 9.47 Å². The largest absolute Gasteiger partial charge is 0.347 e. The van der Waals surface area contributed by atoms with Crippen molar-refractivity contribution in [1.82, 2.24) is 5.32 Å². The molecular weight excluding hydrogens is 286 g/mol. The minimum absolute atomic E-state index is 0.0713. The van der Waals surface area contributed by atoms with E-state index in [-0.39, 0.29) is 11.3 Å². The molecule has 3 unspecified atom stereocenters. The van der Waals surface area contributed by atoms with Crippen LogP contribution in [0.1, 0.15) is 24.8 Å². The van der Waals surface area contributed by atoms with Gasteiger partial charge in [-0.25, -0.2) is 0 Å². The van der Waals surface area contributed by atoms with Crippen LogP contribution in [0, 0.1) is 0 Å². The van der Waals surface area contributed by atoms with Gasteiger partial charge < -0.3 is 14.8 Å². The molecule has 1 aliphatic carbocycles. The Hall–Kier alpha value is -0.750. The summed E-state index contributed by atoms with van der Waals surface area (Å²) in [6.45, 7) is 1.31. The Bertz CT molecular complexity index is 488. The van der Waals surface area contributed by atoms with E-state index >= 15 is 0 Å². The summed E-state index contributed by atoms with van der Waals surface area (Å²) in [7, 11) is 1.02. The molecule has 116 valence electrons. The third kappa shape index (κ3) is 3.37. The summed E-state index contributed by atoms with van der Waals surface area (Å²) >= 11 is 0. The highest BCUT2D eigenvalue weighted by atomic mass is 32.2. The molecule has 1 heterocycles. The number of nitrogens with one attached hydrogen (secondary N) is 1. The Kier molecular flexibility index (Phi) is 4.74. The van der Waals surface area contributed by atoms with Crippen LogP contribution in [0.15, 0.2) is 30.3 Å². The lowest BCUT2D eigenvalue weighted by atomic mass is 9.89. The first-order chi connectivity index (χ1) is 10.2. The molecule has 0 amide bonds. The van der Waals surface area contributed by atoms with Crippen molar-refractivity contribution in [2.45, 2.75) is 42.1 Å². The van der Waals surface area contributed by atoms with Crippen molar-refractivity contribution in [2.75, 3.05) is 20.3 Å². The number of benzene rings is 1. The predicted octanol–water partition coefficient (Wildman–Crippen LogP) is 1.82. The lowest BCUT2D eigenvalue weighted by molar-refractivity contribution is -0.178. The van der Waals surface area contributed by atoms with Crippen LogP contribution in [-0.2, 0) is 26.0 Å². The van der Waals surface area contributed by atoms with Crippen LogP contribution in [0.2, 0.25) is 0 Å². The second-order valence-corrected chi connectivity index (χ2v) is 7.45. The van der Waals surface area contributed by atoms with Crippen molar-refractivity contribution in [3.05, 3.63) is 35.9 Å². The smallest absolute Gasteiger partial charge is 0.169 e. The third-order valence-corrected chi connectivity index (χ3v) is 6.26. The zero-order valence-electron chi connectivity index (χ0n) is 12.4. The van der Waals surface area contributed by atoms with Gasteiger partial charge in [0.25, 0.3) is 0 Å². The summed E-state index contributed by atoms with van der Waals surface area (Å²) in [5.41, 5.74) is 1.12. The maximum absolute atomic E-state index is 12.8. The van der Waals surface area contributed by atoms with Crippen LogP contribution in [-0.4, -0.2) is 41.5 Å². The molecular formula is C16H23NO3S. The first-order valence-corrected chi connectivity index (χ1v) is 8.97. The first kappa shape index (κ1) is 15.2. The van der Waals surface area contributed by atoms with Crippen LogP contribution < -0.4 is 5.32 Å². The fraction of sp³-hybridized carbons (Fsp3) is 0.625. The minimum atomic E-state index is -0.932. The fourth-order valence-corrected chi connectivity index (χ4v) is 5.14. The van der Waals surface area contributed by atoms with Gasteiger partial charge in [0.05, 0.1) is 18.5 Å². The molecule has 3 atom stereocenters. The maximum atomic E-state index is 12.8. The molecule has 0 bridgehead atoms. The van der Waals surface area contributed by atoms with Gasteiger partial charge in [0.15, 0.2) is 5.79 Å². The normalized spacial score (nSPS) is 29.6. The van der Waals surface area contributed by atoms with Gasteiger partial charge in [-0.15, -0.1) is 0 Å². The van der Waals surface area contributed by atoms with Gasteiger partial charge in [-0.05, 0) is 19.0 Å². The highest BCUT2D eigenvalue weighted by molar-refractivity contribution is 7.84. The van der Waals surface area contributed by atoms with E-state index in [9.17, 15) is 4.21 Å². The lowest BCUT2D eigenvalue weighted by Crippen LogP contribution is -2.51. The van der Waals surface area contributed by atoms with Gasteiger partial charge in [-0.1, -0.05) is 30.3 Å². The molecule has 3 rings (SSSR count). The lowest BCUT2D eigenvalue weighted by Gasteiger charge is -2.40. The number of rotatable bonds is 4. The van der Waals surface area contributed by atoms with E-state index in [2.05, 4.69) is 5.32 Å². The van der Waals surface area contributed by atoms with Crippen molar-refractivity contribution in [2.24, 2.45) is 0 Å². The summed E-state index contributed by atoms with van der Waals surface area (Å²) in [5, 5.41) is 3.39. The molecule has 1 aromatic rings. The van der Waals surface area contributed by atoms with E-state index in [1.165, 1.54) is 0 Å². The monoisotopic (exact) mass is 309 g/mol. The summed E-state index contributed by atoms with van der Waals surface area (Å²) < 4.78 is 24.5. The van der Waals surface area contributed by atoms with Crippen molar-refractivity contribution in [1.29, 1.82) is 0 Å². The summed E-state index contributed by atoms with van der Waals surface area (Å²) in [5.74, 6) is 0.115. The first-order valence-electron chi connectivity index (χ1n) is 7.59. The van der Waals surface area contributed by atoms with E-state index in [0.717, 1.165) is 24.8 Å². The van der Waals surface area contributed by atoms with Crippen LogP contribution >= 0.6 is 0 Å². The maximum Gasteiger partial charge on any atom is 0.169 e. The molecule has 5 heteroatoms. The summed E-state index contributed by atoms with van der Waals surface area (Å²) in [6, 6.07) is 10.3. The second-order valence-electron chi connectivity index (χ2n) is 5.79. The van der Waals surface area contributed by atoms with Crippen LogP contribution in [0.3, 0.4) is 0 Å². The molecule has 2 fully saturated rings. The Morgan fingerprint density at radius 1 is 1.29 bits per heavy atom. The van der Waals surface area contributed by atoms with Crippen molar-refractivity contribution < 1.29 is 13.7 Å². The highest BCUT2D eigenvalue weighted by Gasteiger charge is 2.46. The average Bonchev–Trinajstić information content (AvgIpc) is 2.96. The predicted molar refractivity (Wildman–Crippen MR) is 83.4 cm³/mol. The van der Waals surface area contributed by atoms with E-state index < -0.39 is 16.6 Å². The standard InChI is InChI=1S/C16H23NO3S/c1-17-14-7-8-16(19-9-10-20-16)11-15(14)21(18)12-13-5-3-2-4-6-13/h2-6,14-15,17H,7-12H2,1H3. The number of ether oxygens (including phenoxy) is 2. The van der Waals surface area contributed by atoms with E-state index in [0.29, 0.717) is 19.0 Å². The molecule has 1 spiro atoms. The van der Waals surface area contributed by atoms with Gasteiger partial charge in [0, 0.05) is 35.4 Å². The SMILES string of the molecule is CNC1CCC2(CC1S(=O)Cc1ccccc1)OCCO2. The zero-order valence-corrected chi connectivity index (χ0v) is 13.2. The Balaban J connectivity index is 1.72. The molecule has 0 radical (unpaired) electrons. The minimum Gasteiger partial charge on any atom is -0.347 e. The molecule has 4 nitrogen and oxygen atoms in total. The summed E-state index contributed by atoms with van der Waals surface area (Å²) in [4.78, 5) is 0. The van der Waals surface area contributed by atoms with E-state index in [1.807, 2.05) is 37.4 Å².